The predicted molar refractivity (Wildman–Crippen MR) is 78.3 cm³/mol. The second kappa shape index (κ2) is 6.80. The summed E-state index contributed by atoms with van der Waals surface area (Å²) < 4.78 is 4.74. The molecule has 114 valence electrons. The Kier molecular flexibility index (Phi) is 5.07. The monoisotopic (exact) mass is 311 g/mol. The Morgan fingerprint density at radius 3 is 2.52 bits per heavy atom. The number of hydrogen-bond acceptors (Lipinski definition) is 4. The molecule has 0 spiro atoms. The van der Waals surface area contributed by atoms with Gasteiger partial charge in [0.05, 0.1) is 18.1 Å². The number of amides is 1. The smallest absolute Gasteiger partial charge is 0.308 e. The first kappa shape index (κ1) is 15.6. The van der Waals surface area contributed by atoms with Crippen molar-refractivity contribution in [3.63, 3.8) is 0 Å². The SMILES string of the molecule is COC(=O)C1CCC(NC(=O)c2ccc(O)c(Cl)c2)CC1. The fourth-order valence-corrected chi connectivity index (χ4v) is 2.74. The van der Waals surface area contributed by atoms with Crippen LogP contribution >= 0.6 is 11.6 Å². The van der Waals surface area contributed by atoms with Crippen molar-refractivity contribution in [3.05, 3.63) is 28.8 Å². The number of aromatic hydroxyl groups is 1. The topological polar surface area (TPSA) is 75.6 Å². The molecule has 2 rings (SSSR count). The molecule has 0 saturated heterocycles. The molecule has 21 heavy (non-hydrogen) atoms. The number of ether oxygens (including phenoxy) is 1. The predicted octanol–water partition coefficient (Wildman–Crippen LogP) is 2.51. The van der Waals surface area contributed by atoms with Crippen LogP contribution in [0.25, 0.3) is 0 Å². The maximum Gasteiger partial charge on any atom is 0.308 e. The molecule has 6 heteroatoms. The molecule has 0 bridgehead atoms. The molecule has 1 saturated carbocycles. The summed E-state index contributed by atoms with van der Waals surface area (Å²) in [6.45, 7) is 0. The average molecular weight is 312 g/mol. The Morgan fingerprint density at radius 1 is 1.29 bits per heavy atom. The van der Waals surface area contributed by atoms with E-state index in [4.69, 9.17) is 16.3 Å². The van der Waals surface area contributed by atoms with E-state index in [2.05, 4.69) is 5.32 Å². The van der Waals surface area contributed by atoms with Gasteiger partial charge in [0.1, 0.15) is 5.75 Å². The summed E-state index contributed by atoms with van der Waals surface area (Å²) in [6.07, 6.45) is 2.93. The third-order valence-corrected chi connectivity index (χ3v) is 4.11. The van der Waals surface area contributed by atoms with Crippen molar-refractivity contribution in [3.8, 4) is 5.75 Å². The molecule has 2 N–H and O–H groups in total. The average Bonchev–Trinajstić information content (AvgIpc) is 2.50. The lowest BCUT2D eigenvalue weighted by molar-refractivity contribution is -0.146. The minimum atomic E-state index is -0.224. The van der Waals surface area contributed by atoms with Crippen molar-refractivity contribution in [2.24, 2.45) is 5.92 Å². The molecule has 1 amide bonds. The zero-order valence-electron chi connectivity index (χ0n) is 11.8. The van der Waals surface area contributed by atoms with Crippen LogP contribution < -0.4 is 5.32 Å². The van der Waals surface area contributed by atoms with E-state index in [1.54, 1.807) is 0 Å². The van der Waals surface area contributed by atoms with E-state index in [1.165, 1.54) is 25.3 Å². The Hall–Kier alpha value is -1.75. The molecule has 0 unspecified atom stereocenters. The van der Waals surface area contributed by atoms with Gasteiger partial charge in [0.2, 0.25) is 0 Å². The summed E-state index contributed by atoms with van der Waals surface area (Å²) >= 11 is 5.79. The Morgan fingerprint density at radius 2 is 1.95 bits per heavy atom. The fraction of sp³-hybridized carbons (Fsp3) is 0.467. The maximum absolute atomic E-state index is 12.1. The Balaban J connectivity index is 1.89. The van der Waals surface area contributed by atoms with Gasteiger partial charge in [-0.2, -0.15) is 0 Å². The molecule has 1 aliphatic carbocycles. The lowest BCUT2D eigenvalue weighted by atomic mass is 9.86. The van der Waals surface area contributed by atoms with Gasteiger partial charge < -0.3 is 15.2 Å². The van der Waals surface area contributed by atoms with Crippen molar-refractivity contribution in [2.75, 3.05) is 7.11 Å². The van der Waals surface area contributed by atoms with E-state index in [-0.39, 0.29) is 34.6 Å². The summed E-state index contributed by atoms with van der Waals surface area (Å²) in [4.78, 5) is 23.5. The molecule has 1 aromatic carbocycles. The number of nitrogens with one attached hydrogen (secondary N) is 1. The van der Waals surface area contributed by atoms with E-state index >= 15 is 0 Å². The summed E-state index contributed by atoms with van der Waals surface area (Å²) in [5.41, 5.74) is 0.410. The number of hydrogen-bond donors (Lipinski definition) is 2. The van der Waals surface area contributed by atoms with Gasteiger partial charge in [-0.05, 0) is 43.9 Å². The van der Waals surface area contributed by atoms with E-state index in [0.717, 1.165) is 12.8 Å². The lowest BCUT2D eigenvalue weighted by Gasteiger charge is -2.27. The minimum Gasteiger partial charge on any atom is -0.506 e. The second-order valence-electron chi connectivity index (χ2n) is 5.21. The largest absolute Gasteiger partial charge is 0.506 e. The molecule has 1 aromatic rings. The zero-order valence-corrected chi connectivity index (χ0v) is 12.5. The van der Waals surface area contributed by atoms with Crippen LogP contribution in [0.15, 0.2) is 18.2 Å². The number of phenolic OH excluding ortho intramolecular Hbond substituents is 1. The summed E-state index contributed by atoms with van der Waals surface area (Å²) in [6, 6.07) is 4.40. The number of benzene rings is 1. The van der Waals surface area contributed by atoms with E-state index in [9.17, 15) is 14.7 Å². The summed E-state index contributed by atoms with van der Waals surface area (Å²) in [5, 5.41) is 12.4. The van der Waals surface area contributed by atoms with Crippen LogP contribution in [-0.4, -0.2) is 30.1 Å². The quantitative estimate of drug-likeness (QED) is 0.841. The van der Waals surface area contributed by atoms with Crippen molar-refractivity contribution in [2.45, 2.75) is 31.7 Å². The van der Waals surface area contributed by atoms with E-state index in [0.29, 0.717) is 18.4 Å². The van der Waals surface area contributed by atoms with Gasteiger partial charge >= 0.3 is 5.97 Å². The number of methoxy groups -OCH3 is 1. The van der Waals surface area contributed by atoms with Gasteiger partial charge in [-0.25, -0.2) is 0 Å². The van der Waals surface area contributed by atoms with Gasteiger partial charge in [-0.15, -0.1) is 0 Å². The first-order valence-electron chi connectivity index (χ1n) is 6.88. The number of rotatable bonds is 3. The lowest BCUT2D eigenvalue weighted by Crippen LogP contribution is -2.38. The van der Waals surface area contributed by atoms with Crippen molar-refractivity contribution in [1.82, 2.24) is 5.32 Å². The van der Waals surface area contributed by atoms with E-state index < -0.39 is 0 Å². The van der Waals surface area contributed by atoms with Crippen LogP contribution in [0.1, 0.15) is 36.0 Å². The molecule has 0 aromatic heterocycles. The van der Waals surface area contributed by atoms with Gasteiger partial charge in [0.15, 0.2) is 0 Å². The number of phenols is 1. The van der Waals surface area contributed by atoms with Crippen LogP contribution in [0.2, 0.25) is 5.02 Å². The molecular weight excluding hydrogens is 294 g/mol. The van der Waals surface area contributed by atoms with Crippen LogP contribution in [0, 0.1) is 5.92 Å². The normalized spacial score (nSPS) is 21.6. The number of carbonyl (C=O) groups is 2. The fourth-order valence-electron chi connectivity index (χ4n) is 2.56. The highest BCUT2D eigenvalue weighted by atomic mass is 35.5. The third kappa shape index (κ3) is 3.88. The molecule has 0 aliphatic heterocycles. The van der Waals surface area contributed by atoms with Crippen LogP contribution in [0.4, 0.5) is 0 Å². The first-order chi connectivity index (χ1) is 10.0. The maximum atomic E-state index is 12.1. The standard InChI is InChI=1S/C15H18ClNO4/c1-21-15(20)9-2-5-11(6-3-9)17-14(19)10-4-7-13(18)12(16)8-10/h4,7-9,11,18H,2-3,5-6H2,1H3,(H,17,19). The second-order valence-corrected chi connectivity index (χ2v) is 5.62. The van der Waals surface area contributed by atoms with Gasteiger partial charge in [0.25, 0.3) is 5.91 Å². The molecule has 0 heterocycles. The number of halogens is 1. The Bertz CT molecular complexity index is 538. The van der Waals surface area contributed by atoms with Crippen LogP contribution in [-0.2, 0) is 9.53 Å². The first-order valence-corrected chi connectivity index (χ1v) is 7.26. The summed E-state index contributed by atoms with van der Waals surface area (Å²) in [5.74, 6) is -0.512. The highest BCUT2D eigenvalue weighted by Gasteiger charge is 2.27. The van der Waals surface area contributed by atoms with Gasteiger partial charge in [-0.1, -0.05) is 11.6 Å². The molecule has 0 atom stereocenters. The van der Waals surface area contributed by atoms with Crippen LogP contribution in [0.5, 0.6) is 5.75 Å². The molecule has 0 radical (unpaired) electrons. The molecule has 1 aliphatic rings. The minimum absolute atomic E-state index is 0.0472. The zero-order chi connectivity index (χ0) is 15.4. The third-order valence-electron chi connectivity index (χ3n) is 3.81. The molecule has 5 nitrogen and oxygen atoms in total. The number of carbonyl (C=O) groups excluding carboxylic acids is 2. The van der Waals surface area contributed by atoms with Gasteiger partial charge in [-0.3, -0.25) is 9.59 Å². The van der Waals surface area contributed by atoms with E-state index in [1.807, 2.05) is 0 Å². The number of esters is 1. The van der Waals surface area contributed by atoms with Crippen molar-refractivity contribution in [1.29, 1.82) is 0 Å². The highest BCUT2D eigenvalue weighted by Crippen LogP contribution is 2.26. The molecule has 1 fully saturated rings. The van der Waals surface area contributed by atoms with Crippen LogP contribution in [0.3, 0.4) is 0 Å². The van der Waals surface area contributed by atoms with Crippen molar-refractivity contribution >= 4 is 23.5 Å². The van der Waals surface area contributed by atoms with Crippen molar-refractivity contribution < 1.29 is 19.4 Å². The highest BCUT2D eigenvalue weighted by molar-refractivity contribution is 6.32. The molecular formula is C15H18ClNO4. The van der Waals surface area contributed by atoms with Gasteiger partial charge in [0, 0.05) is 11.6 Å². The summed E-state index contributed by atoms with van der Waals surface area (Å²) in [7, 11) is 1.39. The Labute approximate surface area is 128 Å².